The van der Waals surface area contributed by atoms with Crippen molar-refractivity contribution in [3.63, 3.8) is 0 Å². The van der Waals surface area contributed by atoms with Crippen LogP contribution in [0.5, 0.6) is 5.75 Å². The minimum atomic E-state index is -4.48. The van der Waals surface area contributed by atoms with Crippen LogP contribution in [-0.2, 0) is 16.6 Å². The fourth-order valence-corrected chi connectivity index (χ4v) is 4.71. The molecule has 4 N–H and O–H groups in total. The van der Waals surface area contributed by atoms with E-state index in [1.165, 1.54) is 25.6 Å². The summed E-state index contributed by atoms with van der Waals surface area (Å²) in [5.41, 5.74) is -1.27. The molecule has 0 saturated carbocycles. The monoisotopic (exact) mass is 566 g/mol. The van der Waals surface area contributed by atoms with Crippen LogP contribution in [0.25, 0.3) is 0 Å². The van der Waals surface area contributed by atoms with Crippen LogP contribution >= 0.6 is 11.6 Å². The first-order chi connectivity index (χ1) is 17.9. The van der Waals surface area contributed by atoms with Gasteiger partial charge >= 0.3 is 0 Å². The maximum atomic E-state index is 15.2. The van der Waals surface area contributed by atoms with Gasteiger partial charge in [-0.05, 0) is 24.3 Å². The highest BCUT2D eigenvalue weighted by molar-refractivity contribution is 7.92. The van der Waals surface area contributed by atoms with E-state index in [0.29, 0.717) is 6.54 Å². The highest BCUT2D eigenvalue weighted by atomic mass is 35.5. The van der Waals surface area contributed by atoms with E-state index in [1.807, 2.05) is 13.8 Å². The molecule has 1 heterocycles. The molecule has 38 heavy (non-hydrogen) atoms. The van der Waals surface area contributed by atoms with Crippen molar-refractivity contribution in [3.05, 3.63) is 70.0 Å². The van der Waals surface area contributed by atoms with Gasteiger partial charge in [-0.25, -0.2) is 27.2 Å². The van der Waals surface area contributed by atoms with Gasteiger partial charge in [-0.15, -0.1) is 0 Å². The summed E-state index contributed by atoms with van der Waals surface area (Å²) in [6, 6.07) is 4.18. The van der Waals surface area contributed by atoms with E-state index in [-0.39, 0.29) is 39.9 Å². The molecule has 1 aromatic heterocycles. The Balaban J connectivity index is 1.88. The van der Waals surface area contributed by atoms with Gasteiger partial charge < -0.3 is 20.3 Å². The van der Waals surface area contributed by atoms with Crippen LogP contribution in [0.4, 0.5) is 20.4 Å². The molecule has 2 aromatic carbocycles. The molecule has 3 aromatic rings. The minimum Gasteiger partial charge on any atom is -0.495 e. The molecular formula is C25H25ClF2N4O5S. The predicted molar refractivity (Wildman–Crippen MR) is 138 cm³/mol. The highest BCUT2D eigenvalue weighted by Gasteiger charge is 2.25. The van der Waals surface area contributed by atoms with E-state index in [9.17, 15) is 23.0 Å². The second-order valence-corrected chi connectivity index (χ2v) is 11.0. The Morgan fingerprint density at radius 3 is 2.42 bits per heavy atom. The topological polar surface area (TPSA) is 134 Å². The molecule has 202 valence electrons. The molecule has 0 amide bonds. The first-order valence-electron chi connectivity index (χ1n) is 11.1. The lowest BCUT2D eigenvalue weighted by Gasteiger charge is -2.21. The van der Waals surface area contributed by atoms with Gasteiger partial charge in [0.25, 0.3) is 10.0 Å². The predicted octanol–water partition coefficient (Wildman–Crippen LogP) is 3.54. The van der Waals surface area contributed by atoms with Gasteiger partial charge in [0, 0.05) is 41.5 Å². The molecule has 0 atom stereocenters. The van der Waals surface area contributed by atoms with Crippen molar-refractivity contribution in [3.8, 4) is 17.6 Å². The lowest BCUT2D eigenvalue weighted by atomic mass is 9.95. The summed E-state index contributed by atoms with van der Waals surface area (Å²) in [7, 11) is -3.27. The Kier molecular flexibility index (Phi) is 9.11. The van der Waals surface area contributed by atoms with E-state index in [4.69, 9.17) is 16.3 Å². The van der Waals surface area contributed by atoms with Crippen molar-refractivity contribution in [1.82, 2.24) is 9.97 Å². The van der Waals surface area contributed by atoms with Crippen molar-refractivity contribution in [1.29, 1.82) is 0 Å². The molecule has 0 aliphatic carbocycles. The van der Waals surface area contributed by atoms with E-state index < -0.39 is 44.4 Å². The molecule has 0 fully saturated rings. The van der Waals surface area contributed by atoms with Gasteiger partial charge in [0.15, 0.2) is 5.82 Å². The Morgan fingerprint density at radius 1 is 1.13 bits per heavy atom. The van der Waals surface area contributed by atoms with Crippen molar-refractivity contribution >= 4 is 33.3 Å². The molecule has 0 unspecified atom stereocenters. The fourth-order valence-electron chi connectivity index (χ4n) is 3.11. The number of sulfonamides is 1. The molecule has 0 aliphatic rings. The van der Waals surface area contributed by atoms with Gasteiger partial charge in [-0.1, -0.05) is 37.3 Å². The molecule has 0 spiro atoms. The number of aromatic nitrogens is 2. The number of aliphatic hydroxyl groups is 2. The van der Waals surface area contributed by atoms with Gasteiger partial charge in [0.1, 0.15) is 16.5 Å². The number of ether oxygens (including phenoxy) is 1. The first-order valence-corrected chi connectivity index (χ1v) is 12.9. The number of hydrogen-bond acceptors (Lipinski definition) is 8. The number of rotatable bonds is 9. The summed E-state index contributed by atoms with van der Waals surface area (Å²) in [5.74, 6) is 2.76. The van der Waals surface area contributed by atoms with Crippen molar-refractivity contribution < 1.29 is 32.1 Å². The van der Waals surface area contributed by atoms with E-state index in [0.717, 1.165) is 18.2 Å². The molecule has 13 heteroatoms. The first kappa shape index (κ1) is 29.1. The number of methoxy groups -OCH3 is 1. The fraction of sp³-hybridized carbons (Fsp3) is 0.280. The number of nitrogens with zero attached hydrogens (tertiary/aromatic N) is 2. The highest BCUT2D eigenvalue weighted by Crippen LogP contribution is 2.34. The summed E-state index contributed by atoms with van der Waals surface area (Å²) < 4.78 is 62.8. The maximum Gasteiger partial charge on any atom is 0.265 e. The molecule has 3 rings (SSSR count). The Morgan fingerprint density at radius 2 is 1.82 bits per heavy atom. The van der Waals surface area contributed by atoms with Crippen LogP contribution in [-0.4, -0.2) is 48.9 Å². The van der Waals surface area contributed by atoms with Crippen LogP contribution in [0.1, 0.15) is 30.5 Å². The Hall–Kier alpha value is -3.50. The van der Waals surface area contributed by atoms with Gasteiger partial charge in [-0.3, -0.25) is 4.72 Å². The normalized spacial score (nSPS) is 11.5. The third-order valence-electron chi connectivity index (χ3n) is 5.23. The zero-order chi connectivity index (χ0) is 28.1. The number of halogens is 3. The summed E-state index contributed by atoms with van der Waals surface area (Å²) in [5, 5.41) is 21.8. The van der Waals surface area contributed by atoms with E-state index in [2.05, 4.69) is 31.8 Å². The summed E-state index contributed by atoms with van der Waals surface area (Å²) >= 11 is 5.97. The zero-order valence-corrected chi connectivity index (χ0v) is 22.2. The third kappa shape index (κ3) is 6.87. The van der Waals surface area contributed by atoms with E-state index >= 15 is 4.39 Å². The maximum absolute atomic E-state index is 15.2. The average Bonchev–Trinajstić information content (AvgIpc) is 2.89. The van der Waals surface area contributed by atoms with Crippen molar-refractivity contribution in [2.45, 2.75) is 25.3 Å². The third-order valence-corrected chi connectivity index (χ3v) is 6.82. The lowest BCUT2D eigenvalue weighted by molar-refractivity contribution is 0.170. The SMILES string of the molecule is COc1c(CO)cc(Cl)cc1S(=O)(=O)Nc1ccc(F)c(C#Cc2cnc(NCC(C)(C)CO)nc2)c1F. The molecule has 0 saturated heterocycles. The van der Waals surface area contributed by atoms with Crippen LogP contribution in [0.3, 0.4) is 0 Å². The smallest absolute Gasteiger partial charge is 0.265 e. The number of nitrogens with one attached hydrogen (secondary N) is 2. The van der Waals surface area contributed by atoms with Crippen molar-refractivity contribution in [2.24, 2.45) is 5.41 Å². The molecule has 0 bridgehead atoms. The number of aliphatic hydroxyl groups excluding tert-OH is 2. The molecule has 9 nitrogen and oxygen atoms in total. The molecular weight excluding hydrogens is 542 g/mol. The largest absolute Gasteiger partial charge is 0.495 e. The molecule has 0 aliphatic heterocycles. The minimum absolute atomic E-state index is 0.00176. The Bertz CT molecular complexity index is 1490. The van der Waals surface area contributed by atoms with Gasteiger partial charge in [-0.2, -0.15) is 0 Å². The van der Waals surface area contributed by atoms with Crippen molar-refractivity contribution in [2.75, 3.05) is 30.3 Å². The van der Waals surface area contributed by atoms with Gasteiger partial charge in [0.2, 0.25) is 5.95 Å². The second kappa shape index (κ2) is 11.9. The number of anilines is 2. The summed E-state index contributed by atoms with van der Waals surface area (Å²) in [6.07, 6.45) is 2.70. The summed E-state index contributed by atoms with van der Waals surface area (Å²) in [4.78, 5) is 7.73. The van der Waals surface area contributed by atoms with E-state index in [1.54, 1.807) is 0 Å². The second-order valence-electron chi connectivity index (χ2n) is 8.87. The van der Waals surface area contributed by atoms with Crippen LogP contribution in [0, 0.1) is 28.9 Å². The van der Waals surface area contributed by atoms with Crippen LogP contribution in [0.2, 0.25) is 5.02 Å². The number of benzene rings is 2. The zero-order valence-electron chi connectivity index (χ0n) is 20.6. The quantitative estimate of drug-likeness (QED) is 0.289. The van der Waals surface area contributed by atoms with Crippen LogP contribution < -0.4 is 14.8 Å². The standard InChI is InChI=1S/C25H25ClF2N4O5S/c1-25(2,14-34)13-31-24-29-10-15(11-30-24)4-5-18-19(27)6-7-20(22(18)28)32-38(35,36)21-9-17(26)8-16(12-33)23(21)37-3/h6-11,32-34H,12-14H2,1-3H3,(H,29,30,31). The molecule has 0 radical (unpaired) electrons. The lowest BCUT2D eigenvalue weighted by Crippen LogP contribution is -2.27. The van der Waals surface area contributed by atoms with Gasteiger partial charge in [0.05, 0.1) is 30.5 Å². The average molecular weight is 567 g/mol. The summed E-state index contributed by atoms with van der Waals surface area (Å²) in [6.45, 7) is 3.53. The number of hydrogen-bond donors (Lipinski definition) is 4. The van der Waals surface area contributed by atoms with Crippen LogP contribution in [0.15, 0.2) is 41.6 Å². The Labute approximate surface area is 223 Å².